The van der Waals surface area contributed by atoms with Crippen LogP contribution in [-0.4, -0.2) is 70.9 Å². The number of fused-ring (bicyclic) bond motifs is 1. The molecule has 0 radical (unpaired) electrons. The second-order valence-corrected chi connectivity index (χ2v) is 8.28. The van der Waals surface area contributed by atoms with Gasteiger partial charge in [0.15, 0.2) is 11.5 Å². The molecule has 1 aliphatic rings. The van der Waals surface area contributed by atoms with E-state index >= 15 is 0 Å². The Labute approximate surface area is 180 Å². The van der Waals surface area contributed by atoms with Crippen LogP contribution in [0.15, 0.2) is 36.4 Å². The van der Waals surface area contributed by atoms with E-state index in [1.807, 2.05) is 50.5 Å². The van der Waals surface area contributed by atoms with Crippen LogP contribution in [0.5, 0.6) is 0 Å². The molecular formula is C21H26ClN7O. The summed E-state index contributed by atoms with van der Waals surface area (Å²) in [4.78, 5) is 16.7. The molecule has 1 amide bonds. The van der Waals surface area contributed by atoms with Crippen molar-refractivity contribution in [3.8, 4) is 11.4 Å². The number of hydrogen-bond acceptors (Lipinski definition) is 6. The highest BCUT2D eigenvalue weighted by Crippen LogP contribution is 2.24. The van der Waals surface area contributed by atoms with Crippen molar-refractivity contribution in [3.05, 3.63) is 41.4 Å². The molecule has 1 N–H and O–H groups in total. The lowest BCUT2D eigenvalue weighted by Crippen LogP contribution is -2.42. The summed E-state index contributed by atoms with van der Waals surface area (Å²) >= 11 is 6.00. The number of carbonyl (C=O) groups excluding carboxylic acids is 1. The highest BCUT2D eigenvalue weighted by molar-refractivity contribution is 6.30. The first-order valence-electron chi connectivity index (χ1n) is 10.2. The first-order chi connectivity index (χ1) is 14.5. The average molecular weight is 428 g/mol. The Morgan fingerprint density at radius 2 is 1.87 bits per heavy atom. The zero-order valence-electron chi connectivity index (χ0n) is 17.3. The SMILES string of the molecule is CN(C)CCNC(=O)C1CCN(c2ccc3nnc(-c4ccc(Cl)cc4)n3n2)CC1. The Bertz CT molecular complexity index is 1010. The lowest BCUT2D eigenvalue weighted by atomic mass is 9.96. The number of anilines is 1. The molecule has 0 aliphatic carbocycles. The third-order valence-corrected chi connectivity index (χ3v) is 5.65. The second-order valence-electron chi connectivity index (χ2n) is 7.85. The van der Waals surface area contributed by atoms with Gasteiger partial charge in [0.2, 0.25) is 5.91 Å². The summed E-state index contributed by atoms with van der Waals surface area (Å²) in [6, 6.07) is 11.4. The fourth-order valence-electron chi connectivity index (χ4n) is 3.64. The molecule has 8 nitrogen and oxygen atoms in total. The number of nitrogens with zero attached hydrogens (tertiary/aromatic N) is 6. The monoisotopic (exact) mass is 427 g/mol. The largest absolute Gasteiger partial charge is 0.355 e. The van der Waals surface area contributed by atoms with E-state index in [2.05, 4.69) is 25.3 Å². The molecule has 1 saturated heterocycles. The van der Waals surface area contributed by atoms with Crippen molar-refractivity contribution < 1.29 is 4.79 Å². The summed E-state index contributed by atoms with van der Waals surface area (Å²) in [6.45, 7) is 3.13. The first-order valence-corrected chi connectivity index (χ1v) is 10.5. The van der Waals surface area contributed by atoms with E-state index in [1.165, 1.54) is 0 Å². The summed E-state index contributed by atoms with van der Waals surface area (Å²) in [6.07, 6.45) is 1.64. The van der Waals surface area contributed by atoms with Gasteiger partial charge in [-0.3, -0.25) is 4.79 Å². The minimum absolute atomic E-state index is 0.0617. The summed E-state index contributed by atoms with van der Waals surface area (Å²) in [5, 5.41) is 17.0. The number of nitrogens with one attached hydrogen (secondary N) is 1. The maximum Gasteiger partial charge on any atom is 0.223 e. The minimum Gasteiger partial charge on any atom is -0.355 e. The van der Waals surface area contributed by atoms with Crippen LogP contribution in [0.25, 0.3) is 17.0 Å². The van der Waals surface area contributed by atoms with Crippen molar-refractivity contribution in [3.63, 3.8) is 0 Å². The van der Waals surface area contributed by atoms with E-state index < -0.39 is 0 Å². The fraction of sp³-hybridized carbons (Fsp3) is 0.429. The van der Waals surface area contributed by atoms with Crippen molar-refractivity contribution in [2.45, 2.75) is 12.8 Å². The van der Waals surface area contributed by atoms with Crippen LogP contribution < -0.4 is 10.2 Å². The van der Waals surface area contributed by atoms with Gasteiger partial charge in [-0.1, -0.05) is 11.6 Å². The molecule has 0 saturated carbocycles. The van der Waals surface area contributed by atoms with E-state index in [9.17, 15) is 4.79 Å². The Hall–Kier alpha value is -2.71. The number of halogens is 1. The molecule has 3 aromatic rings. The average Bonchev–Trinajstić information content (AvgIpc) is 3.17. The zero-order chi connectivity index (χ0) is 21.1. The number of likely N-dealkylation sites (N-methyl/N-ethyl adjacent to an activating group) is 1. The van der Waals surface area contributed by atoms with Crippen LogP contribution in [0.4, 0.5) is 5.82 Å². The number of piperidine rings is 1. The number of carbonyl (C=O) groups is 1. The van der Waals surface area contributed by atoms with Gasteiger partial charge in [-0.05, 0) is 63.3 Å². The van der Waals surface area contributed by atoms with E-state index in [0.717, 1.165) is 43.9 Å². The highest BCUT2D eigenvalue weighted by atomic mass is 35.5. The van der Waals surface area contributed by atoms with Crippen LogP contribution in [0.3, 0.4) is 0 Å². The molecule has 1 fully saturated rings. The Morgan fingerprint density at radius 1 is 1.13 bits per heavy atom. The van der Waals surface area contributed by atoms with Gasteiger partial charge in [-0.15, -0.1) is 15.3 Å². The van der Waals surface area contributed by atoms with Crippen LogP contribution in [-0.2, 0) is 4.79 Å². The minimum atomic E-state index is 0.0617. The number of aromatic nitrogens is 4. The Kier molecular flexibility index (Phi) is 6.15. The molecule has 0 spiro atoms. The summed E-state index contributed by atoms with van der Waals surface area (Å²) in [7, 11) is 4.01. The van der Waals surface area contributed by atoms with E-state index in [1.54, 1.807) is 4.52 Å². The maximum absolute atomic E-state index is 12.4. The summed E-state index contributed by atoms with van der Waals surface area (Å²) in [5.74, 6) is 1.76. The summed E-state index contributed by atoms with van der Waals surface area (Å²) < 4.78 is 1.76. The second kappa shape index (κ2) is 8.97. The van der Waals surface area contributed by atoms with Gasteiger partial charge < -0.3 is 15.1 Å². The van der Waals surface area contributed by atoms with Gasteiger partial charge in [-0.2, -0.15) is 4.52 Å². The zero-order valence-corrected chi connectivity index (χ0v) is 18.0. The standard InChI is InChI=1S/C21H26ClN7O/c1-27(2)14-11-23-21(30)16-9-12-28(13-10-16)19-8-7-18-24-25-20(29(18)26-19)15-3-5-17(22)6-4-15/h3-8,16H,9-14H2,1-2H3,(H,23,30). The Balaban J connectivity index is 1.44. The van der Waals surface area contributed by atoms with Gasteiger partial charge >= 0.3 is 0 Å². The van der Waals surface area contributed by atoms with E-state index in [-0.39, 0.29) is 11.8 Å². The highest BCUT2D eigenvalue weighted by Gasteiger charge is 2.26. The normalized spacial score (nSPS) is 15.1. The predicted molar refractivity (Wildman–Crippen MR) is 118 cm³/mol. The van der Waals surface area contributed by atoms with Gasteiger partial charge in [0.05, 0.1) is 0 Å². The molecule has 1 aliphatic heterocycles. The molecule has 2 aromatic heterocycles. The molecule has 1 aromatic carbocycles. The van der Waals surface area contributed by atoms with Crippen molar-refractivity contribution >= 4 is 29.0 Å². The van der Waals surface area contributed by atoms with Crippen LogP contribution in [0.2, 0.25) is 5.02 Å². The smallest absolute Gasteiger partial charge is 0.223 e. The third kappa shape index (κ3) is 4.55. The van der Waals surface area contributed by atoms with Crippen LogP contribution >= 0.6 is 11.6 Å². The molecule has 158 valence electrons. The molecule has 9 heteroatoms. The van der Waals surface area contributed by atoms with Crippen molar-refractivity contribution in [1.29, 1.82) is 0 Å². The first kappa shape index (κ1) is 20.6. The van der Waals surface area contributed by atoms with Gasteiger partial charge in [0.25, 0.3) is 0 Å². The van der Waals surface area contributed by atoms with Crippen molar-refractivity contribution in [2.75, 3.05) is 45.2 Å². The molecule has 0 atom stereocenters. The quantitative estimate of drug-likeness (QED) is 0.650. The molecule has 3 heterocycles. The van der Waals surface area contributed by atoms with Gasteiger partial charge in [0, 0.05) is 42.7 Å². The van der Waals surface area contributed by atoms with Crippen LogP contribution in [0, 0.1) is 5.92 Å². The molecular weight excluding hydrogens is 402 g/mol. The lowest BCUT2D eigenvalue weighted by Gasteiger charge is -2.32. The number of rotatable bonds is 6. The van der Waals surface area contributed by atoms with Crippen molar-refractivity contribution in [2.24, 2.45) is 5.92 Å². The Morgan fingerprint density at radius 3 is 2.57 bits per heavy atom. The predicted octanol–water partition coefficient (Wildman–Crippen LogP) is 2.34. The van der Waals surface area contributed by atoms with Gasteiger partial charge in [0.1, 0.15) is 5.82 Å². The molecule has 30 heavy (non-hydrogen) atoms. The third-order valence-electron chi connectivity index (χ3n) is 5.40. The molecule has 0 bridgehead atoms. The number of benzene rings is 1. The van der Waals surface area contributed by atoms with Gasteiger partial charge in [-0.25, -0.2) is 0 Å². The molecule has 4 rings (SSSR count). The fourth-order valence-corrected chi connectivity index (χ4v) is 3.77. The summed E-state index contributed by atoms with van der Waals surface area (Å²) in [5.41, 5.74) is 1.60. The van der Waals surface area contributed by atoms with E-state index in [0.29, 0.717) is 23.0 Å². The number of hydrogen-bond donors (Lipinski definition) is 1. The van der Waals surface area contributed by atoms with Crippen LogP contribution in [0.1, 0.15) is 12.8 Å². The maximum atomic E-state index is 12.4. The molecule has 0 unspecified atom stereocenters. The van der Waals surface area contributed by atoms with E-state index in [4.69, 9.17) is 16.7 Å². The lowest BCUT2D eigenvalue weighted by molar-refractivity contribution is -0.125. The van der Waals surface area contributed by atoms with Crippen molar-refractivity contribution in [1.82, 2.24) is 30.0 Å². The number of amides is 1. The topological polar surface area (TPSA) is 78.7 Å².